The van der Waals surface area contributed by atoms with E-state index in [2.05, 4.69) is 26.7 Å². The average Bonchev–Trinajstić information content (AvgIpc) is 2.69. The number of nitrogens with one attached hydrogen (secondary N) is 2. The summed E-state index contributed by atoms with van der Waals surface area (Å²) in [6.07, 6.45) is 2.38. The predicted octanol–water partition coefficient (Wildman–Crippen LogP) is 3.89. The Balaban J connectivity index is 1.60. The van der Waals surface area contributed by atoms with Crippen molar-refractivity contribution in [1.29, 1.82) is 0 Å². The van der Waals surface area contributed by atoms with E-state index in [1.54, 1.807) is 14.2 Å². The van der Waals surface area contributed by atoms with E-state index >= 15 is 0 Å². The van der Waals surface area contributed by atoms with Crippen molar-refractivity contribution in [3.05, 3.63) is 66.5 Å². The zero-order chi connectivity index (χ0) is 18.2. The number of para-hydroxylation sites is 1. The molecule has 0 amide bonds. The number of methoxy groups -OCH3 is 2. The fourth-order valence-electron chi connectivity index (χ4n) is 2.61. The van der Waals surface area contributed by atoms with Gasteiger partial charge in [0.1, 0.15) is 29.5 Å². The normalized spacial score (nSPS) is 10.2. The molecule has 1 aromatic heterocycles. The predicted molar refractivity (Wildman–Crippen MR) is 103 cm³/mol. The summed E-state index contributed by atoms with van der Waals surface area (Å²) in [5, 5.41) is 6.58. The van der Waals surface area contributed by atoms with Crippen LogP contribution in [-0.4, -0.2) is 30.7 Å². The molecule has 3 rings (SSSR count). The van der Waals surface area contributed by atoms with Gasteiger partial charge in [0.05, 0.1) is 14.2 Å². The van der Waals surface area contributed by atoms with E-state index < -0.39 is 0 Å². The number of aromatic nitrogens is 2. The Labute approximate surface area is 153 Å². The first-order valence-electron chi connectivity index (χ1n) is 8.37. The van der Waals surface area contributed by atoms with Gasteiger partial charge in [0, 0.05) is 24.4 Å². The molecule has 3 aromatic rings. The summed E-state index contributed by atoms with van der Waals surface area (Å²) in [4.78, 5) is 8.53. The third-order valence-corrected chi connectivity index (χ3v) is 3.90. The van der Waals surface area contributed by atoms with Crippen LogP contribution < -0.4 is 20.1 Å². The van der Waals surface area contributed by atoms with Gasteiger partial charge in [0.25, 0.3) is 0 Å². The third-order valence-electron chi connectivity index (χ3n) is 3.90. The lowest BCUT2D eigenvalue weighted by Gasteiger charge is -2.11. The number of benzene rings is 2. The minimum Gasteiger partial charge on any atom is -0.497 e. The molecule has 6 heteroatoms. The molecule has 0 aliphatic carbocycles. The summed E-state index contributed by atoms with van der Waals surface area (Å²) < 4.78 is 10.6. The van der Waals surface area contributed by atoms with E-state index in [4.69, 9.17) is 9.47 Å². The molecule has 26 heavy (non-hydrogen) atoms. The maximum Gasteiger partial charge on any atom is 0.135 e. The first kappa shape index (κ1) is 17.5. The molecule has 0 atom stereocenters. The van der Waals surface area contributed by atoms with Gasteiger partial charge in [-0.3, -0.25) is 0 Å². The first-order chi connectivity index (χ1) is 12.8. The summed E-state index contributed by atoms with van der Waals surface area (Å²) in [5.74, 6) is 3.17. The lowest BCUT2D eigenvalue weighted by molar-refractivity contribution is 0.410. The number of hydrogen-bond acceptors (Lipinski definition) is 6. The second-order valence-electron chi connectivity index (χ2n) is 5.63. The van der Waals surface area contributed by atoms with Crippen molar-refractivity contribution in [2.75, 3.05) is 31.4 Å². The van der Waals surface area contributed by atoms with Crippen molar-refractivity contribution in [2.45, 2.75) is 6.42 Å². The van der Waals surface area contributed by atoms with Gasteiger partial charge in [-0.05, 0) is 30.2 Å². The maximum atomic E-state index is 5.38. The fraction of sp³-hybridized carbons (Fsp3) is 0.200. The summed E-state index contributed by atoms with van der Waals surface area (Å²) in [5.41, 5.74) is 2.06. The zero-order valence-corrected chi connectivity index (χ0v) is 14.9. The van der Waals surface area contributed by atoms with Crippen LogP contribution in [0.4, 0.5) is 17.3 Å². The number of anilines is 3. The van der Waals surface area contributed by atoms with E-state index in [1.165, 1.54) is 6.33 Å². The summed E-state index contributed by atoms with van der Waals surface area (Å²) in [6.45, 7) is 0.746. The monoisotopic (exact) mass is 350 g/mol. The van der Waals surface area contributed by atoms with Crippen LogP contribution in [0.15, 0.2) is 60.9 Å². The van der Waals surface area contributed by atoms with Crippen molar-refractivity contribution in [3.8, 4) is 11.5 Å². The largest absolute Gasteiger partial charge is 0.497 e. The SMILES string of the molecule is COc1cccc(Nc2cc(NCCc3ccccc3OC)ncn2)c1. The Morgan fingerprint density at radius 3 is 2.58 bits per heavy atom. The number of nitrogens with zero attached hydrogens (tertiary/aromatic N) is 2. The van der Waals surface area contributed by atoms with Crippen molar-refractivity contribution in [1.82, 2.24) is 9.97 Å². The van der Waals surface area contributed by atoms with Crippen molar-refractivity contribution in [2.24, 2.45) is 0 Å². The summed E-state index contributed by atoms with van der Waals surface area (Å²) in [6, 6.07) is 17.6. The summed E-state index contributed by atoms with van der Waals surface area (Å²) in [7, 11) is 3.33. The molecule has 0 saturated carbocycles. The first-order valence-corrected chi connectivity index (χ1v) is 8.37. The number of rotatable bonds is 8. The van der Waals surface area contributed by atoms with Crippen molar-refractivity contribution >= 4 is 17.3 Å². The topological polar surface area (TPSA) is 68.3 Å². The zero-order valence-electron chi connectivity index (χ0n) is 14.9. The third kappa shape index (κ3) is 4.63. The van der Waals surface area contributed by atoms with E-state index in [-0.39, 0.29) is 0 Å². The molecule has 0 spiro atoms. The Morgan fingerprint density at radius 2 is 1.73 bits per heavy atom. The van der Waals surface area contributed by atoms with Crippen molar-refractivity contribution < 1.29 is 9.47 Å². The quantitative estimate of drug-likeness (QED) is 0.642. The molecule has 0 aliphatic heterocycles. The van der Waals surface area contributed by atoms with Gasteiger partial charge in [0.2, 0.25) is 0 Å². The smallest absolute Gasteiger partial charge is 0.135 e. The molecule has 134 valence electrons. The highest BCUT2D eigenvalue weighted by Crippen LogP contribution is 2.21. The molecule has 0 aliphatic rings. The van der Waals surface area contributed by atoms with Crippen LogP contribution in [0.2, 0.25) is 0 Å². The van der Waals surface area contributed by atoms with Crippen molar-refractivity contribution in [3.63, 3.8) is 0 Å². The molecule has 0 saturated heterocycles. The molecule has 0 fully saturated rings. The van der Waals surface area contributed by atoms with E-state index in [1.807, 2.05) is 48.5 Å². The van der Waals surface area contributed by atoms with Crippen LogP contribution in [0.25, 0.3) is 0 Å². The molecule has 0 unspecified atom stereocenters. The minimum absolute atomic E-state index is 0.716. The number of hydrogen-bond donors (Lipinski definition) is 2. The maximum absolute atomic E-state index is 5.38. The van der Waals surface area contributed by atoms with Crippen LogP contribution in [0.3, 0.4) is 0 Å². The molecule has 2 N–H and O–H groups in total. The van der Waals surface area contributed by atoms with Gasteiger partial charge in [0.15, 0.2) is 0 Å². The summed E-state index contributed by atoms with van der Waals surface area (Å²) >= 11 is 0. The van der Waals surface area contributed by atoms with Gasteiger partial charge >= 0.3 is 0 Å². The Kier molecular flexibility index (Phi) is 5.88. The lowest BCUT2D eigenvalue weighted by atomic mass is 10.1. The van der Waals surface area contributed by atoms with Crippen LogP contribution in [0, 0.1) is 0 Å². The van der Waals surface area contributed by atoms with E-state index in [9.17, 15) is 0 Å². The highest BCUT2D eigenvalue weighted by Gasteiger charge is 2.03. The Hall–Kier alpha value is -3.28. The standard InChI is InChI=1S/C20H22N4O2/c1-25-17-8-5-7-16(12-17)24-20-13-19(22-14-23-20)21-11-10-15-6-3-4-9-18(15)26-2/h3-9,12-14H,10-11H2,1-2H3,(H2,21,22,23,24). The van der Waals surface area contributed by atoms with Crippen LogP contribution >= 0.6 is 0 Å². The molecule has 0 radical (unpaired) electrons. The lowest BCUT2D eigenvalue weighted by Crippen LogP contribution is -2.08. The number of ether oxygens (including phenoxy) is 2. The molecular weight excluding hydrogens is 328 g/mol. The molecular formula is C20H22N4O2. The Bertz CT molecular complexity index is 854. The second-order valence-corrected chi connectivity index (χ2v) is 5.63. The highest BCUT2D eigenvalue weighted by atomic mass is 16.5. The van der Waals surface area contributed by atoms with Crippen LogP contribution in [0.5, 0.6) is 11.5 Å². The van der Waals surface area contributed by atoms with Gasteiger partial charge in [-0.15, -0.1) is 0 Å². The minimum atomic E-state index is 0.716. The fourth-order valence-corrected chi connectivity index (χ4v) is 2.61. The van der Waals surface area contributed by atoms with E-state index in [0.717, 1.165) is 41.5 Å². The van der Waals surface area contributed by atoms with Crippen LogP contribution in [0.1, 0.15) is 5.56 Å². The van der Waals surface area contributed by atoms with E-state index in [0.29, 0.717) is 5.82 Å². The highest BCUT2D eigenvalue weighted by molar-refractivity contribution is 5.60. The second kappa shape index (κ2) is 8.71. The van der Waals surface area contributed by atoms with Crippen LogP contribution in [-0.2, 0) is 6.42 Å². The van der Waals surface area contributed by atoms with Gasteiger partial charge in [-0.25, -0.2) is 9.97 Å². The molecule has 1 heterocycles. The average molecular weight is 350 g/mol. The van der Waals surface area contributed by atoms with Gasteiger partial charge < -0.3 is 20.1 Å². The Morgan fingerprint density at radius 1 is 0.885 bits per heavy atom. The van der Waals surface area contributed by atoms with Gasteiger partial charge in [-0.1, -0.05) is 24.3 Å². The molecule has 0 bridgehead atoms. The molecule has 6 nitrogen and oxygen atoms in total. The molecule has 2 aromatic carbocycles. The van der Waals surface area contributed by atoms with Gasteiger partial charge in [-0.2, -0.15) is 0 Å².